The third-order valence-electron chi connectivity index (χ3n) is 2.40. The van der Waals surface area contributed by atoms with Gasteiger partial charge in [0.15, 0.2) is 0 Å². The van der Waals surface area contributed by atoms with Crippen LogP contribution < -0.4 is 0 Å². The van der Waals surface area contributed by atoms with Crippen molar-refractivity contribution in [2.24, 2.45) is 0 Å². The zero-order chi connectivity index (χ0) is 8.10. The van der Waals surface area contributed by atoms with Gasteiger partial charge >= 0.3 is 0 Å². The van der Waals surface area contributed by atoms with Crippen molar-refractivity contribution in [1.82, 2.24) is 4.90 Å². The van der Waals surface area contributed by atoms with Crippen LogP contribution in [0.3, 0.4) is 0 Å². The summed E-state index contributed by atoms with van der Waals surface area (Å²) in [6, 6.07) is 2.70. The molecule has 1 atom stereocenters. The standard InChI is InChI=1S/C9H16N2/c1-9(5-6-10)11-7-3-2-4-8-11/h9H,2-5,7-8H2,1H3/t9-/m0/s1. The molecule has 2 nitrogen and oxygen atoms in total. The lowest BCUT2D eigenvalue weighted by molar-refractivity contribution is 0.176. The maximum Gasteiger partial charge on any atom is 0.0638 e. The van der Waals surface area contributed by atoms with Gasteiger partial charge in [0.2, 0.25) is 0 Å². The largest absolute Gasteiger partial charge is 0.300 e. The van der Waals surface area contributed by atoms with E-state index in [0.717, 1.165) is 0 Å². The van der Waals surface area contributed by atoms with E-state index in [1.807, 2.05) is 0 Å². The smallest absolute Gasteiger partial charge is 0.0638 e. The zero-order valence-corrected chi connectivity index (χ0v) is 7.21. The van der Waals surface area contributed by atoms with Crippen LogP contribution in [-0.2, 0) is 0 Å². The fraction of sp³-hybridized carbons (Fsp3) is 0.889. The number of likely N-dealkylation sites (tertiary alicyclic amines) is 1. The van der Waals surface area contributed by atoms with E-state index in [9.17, 15) is 0 Å². The molecule has 1 aliphatic rings. The molecule has 0 aromatic rings. The van der Waals surface area contributed by atoms with Gasteiger partial charge in [-0.1, -0.05) is 6.42 Å². The summed E-state index contributed by atoms with van der Waals surface area (Å²) in [5.41, 5.74) is 0. The number of hydrogen-bond acceptors (Lipinski definition) is 2. The summed E-state index contributed by atoms with van der Waals surface area (Å²) in [7, 11) is 0. The molecule has 0 aromatic heterocycles. The van der Waals surface area contributed by atoms with Gasteiger partial charge in [-0.25, -0.2) is 0 Å². The molecular formula is C9H16N2. The first-order valence-corrected chi connectivity index (χ1v) is 4.45. The topological polar surface area (TPSA) is 27.0 Å². The number of rotatable bonds is 2. The van der Waals surface area contributed by atoms with Gasteiger partial charge in [-0.3, -0.25) is 4.90 Å². The van der Waals surface area contributed by atoms with Crippen LogP contribution in [0.5, 0.6) is 0 Å². The lowest BCUT2D eigenvalue weighted by Gasteiger charge is -2.30. The second-order valence-electron chi connectivity index (χ2n) is 3.31. The molecule has 0 unspecified atom stereocenters. The summed E-state index contributed by atoms with van der Waals surface area (Å²) >= 11 is 0. The van der Waals surface area contributed by atoms with Crippen molar-refractivity contribution >= 4 is 0 Å². The summed E-state index contributed by atoms with van der Waals surface area (Å²) in [6.45, 7) is 4.54. The molecule has 0 amide bonds. The Bertz CT molecular complexity index is 142. The Kier molecular flexibility index (Phi) is 3.38. The lowest BCUT2D eigenvalue weighted by Crippen LogP contribution is -2.37. The summed E-state index contributed by atoms with van der Waals surface area (Å²) in [4.78, 5) is 2.42. The fourth-order valence-electron chi connectivity index (χ4n) is 1.62. The molecule has 11 heavy (non-hydrogen) atoms. The van der Waals surface area contributed by atoms with E-state index in [-0.39, 0.29) is 0 Å². The average Bonchev–Trinajstić information content (AvgIpc) is 2.07. The van der Waals surface area contributed by atoms with Gasteiger partial charge < -0.3 is 0 Å². The van der Waals surface area contributed by atoms with Crippen molar-refractivity contribution in [3.63, 3.8) is 0 Å². The Hall–Kier alpha value is -0.550. The van der Waals surface area contributed by atoms with E-state index in [0.29, 0.717) is 12.5 Å². The van der Waals surface area contributed by atoms with E-state index in [4.69, 9.17) is 5.26 Å². The minimum atomic E-state index is 0.472. The van der Waals surface area contributed by atoms with Crippen LogP contribution in [0, 0.1) is 11.3 Å². The van der Waals surface area contributed by atoms with Crippen molar-refractivity contribution < 1.29 is 0 Å². The Balaban J connectivity index is 2.27. The van der Waals surface area contributed by atoms with Gasteiger partial charge in [-0.05, 0) is 32.9 Å². The van der Waals surface area contributed by atoms with Crippen LogP contribution in [0.15, 0.2) is 0 Å². The van der Waals surface area contributed by atoms with Crippen molar-refractivity contribution in [3.05, 3.63) is 0 Å². The second-order valence-corrected chi connectivity index (χ2v) is 3.31. The lowest BCUT2D eigenvalue weighted by atomic mass is 10.1. The van der Waals surface area contributed by atoms with Crippen molar-refractivity contribution in [2.75, 3.05) is 13.1 Å². The van der Waals surface area contributed by atoms with E-state index in [2.05, 4.69) is 17.9 Å². The maximum atomic E-state index is 8.49. The van der Waals surface area contributed by atoms with Crippen molar-refractivity contribution in [3.8, 4) is 6.07 Å². The van der Waals surface area contributed by atoms with Crippen LogP contribution in [0.2, 0.25) is 0 Å². The molecule has 1 rings (SSSR count). The molecule has 0 N–H and O–H groups in total. The van der Waals surface area contributed by atoms with E-state index in [1.165, 1.54) is 32.4 Å². The maximum absolute atomic E-state index is 8.49. The van der Waals surface area contributed by atoms with Crippen LogP contribution in [0.1, 0.15) is 32.6 Å². The molecule has 0 spiro atoms. The molecule has 1 fully saturated rings. The Morgan fingerprint density at radius 3 is 2.55 bits per heavy atom. The molecule has 1 heterocycles. The predicted octanol–water partition coefficient (Wildman–Crippen LogP) is 1.77. The highest BCUT2D eigenvalue weighted by Gasteiger charge is 2.15. The number of nitriles is 1. The van der Waals surface area contributed by atoms with Gasteiger partial charge in [-0.15, -0.1) is 0 Å². The minimum absolute atomic E-state index is 0.472. The minimum Gasteiger partial charge on any atom is -0.300 e. The van der Waals surface area contributed by atoms with E-state index >= 15 is 0 Å². The highest BCUT2D eigenvalue weighted by atomic mass is 15.1. The van der Waals surface area contributed by atoms with Gasteiger partial charge in [0.25, 0.3) is 0 Å². The Morgan fingerprint density at radius 1 is 1.36 bits per heavy atom. The molecular weight excluding hydrogens is 136 g/mol. The fourth-order valence-corrected chi connectivity index (χ4v) is 1.62. The van der Waals surface area contributed by atoms with Gasteiger partial charge in [0.05, 0.1) is 12.5 Å². The summed E-state index contributed by atoms with van der Waals surface area (Å²) in [6.07, 6.45) is 4.68. The highest BCUT2D eigenvalue weighted by molar-refractivity contribution is 4.80. The quantitative estimate of drug-likeness (QED) is 0.603. The number of hydrogen-bond donors (Lipinski definition) is 0. The molecule has 62 valence electrons. The molecule has 0 saturated carbocycles. The normalized spacial score (nSPS) is 22.5. The third kappa shape index (κ3) is 2.51. The average molecular weight is 152 g/mol. The van der Waals surface area contributed by atoms with Crippen LogP contribution in [0.4, 0.5) is 0 Å². The Morgan fingerprint density at radius 2 is 2.00 bits per heavy atom. The van der Waals surface area contributed by atoms with Crippen LogP contribution in [-0.4, -0.2) is 24.0 Å². The van der Waals surface area contributed by atoms with Crippen LogP contribution >= 0.6 is 0 Å². The molecule has 0 aliphatic carbocycles. The summed E-state index contributed by atoms with van der Waals surface area (Å²) < 4.78 is 0. The number of nitrogens with zero attached hydrogens (tertiary/aromatic N) is 2. The van der Waals surface area contributed by atoms with E-state index in [1.54, 1.807) is 0 Å². The first kappa shape index (κ1) is 8.55. The van der Waals surface area contributed by atoms with Gasteiger partial charge in [-0.2, -0.15) is 5.26 Å². The first-order chi connectivity index (χ1) is 5.34. The van der Waals surface area contributed by atoms with Crippen molar-refractivity contribution in [1.29, 1.82) is 5.26 Å². The molecule has 2 heteroatoms. The molecule has 0 radical (unpaired) electrons. The van der Waals surface area contributed by atoms with Crippen LogP contribution in [0.25, 0.3) is 0 Å². The van der Waals surface area contributed by atoms with Crippen molar-refractivity contribution in [2.45, 2.75) is 38.6 Å². The summed E-state index contributed by atoms with van der Waals surface area (Å²) in [5.74, 6) is 0. The second kappa shape index (κ2) is 4.35. The first-order valence-electron chi connectivity index (χ1n) is 4.45. The third-order valence-corrected chi connectivity index (χ3v) is 2.40. The SMILES string of the molecule is C[C@@H](CC#N)N1CCCCC1. The van der Waals surface area contributed by atoms with Gasteiger partial charge in [0.1, 0.15) is 0 Å². The molecule has 0 bridgehead atoms. The Labute approximate surface area is 68.8 Å². The predicted molar refractivity (Wildman–Crippen MR) is 45.1 cm³/mol. The summed E-state index contributed by atoms with van der Waals surface area (Å²) in [5, 5.41) is 8.49. The van der Waals surface area contributed by atoms with E-state index < -0.39 is 0 Å². The highest BCUT2D eigenvalue weighted by Crippen LogP contribution is 2.13. The monoisotopic (exact) mass is 152 g/mol. The molecule has 1 aliphatic heterocycles. The number of piperidine rings is 1. The zero-order valence-electron chi connectivity index (χ0n) is 7.21. The molecule has 0 aromatic carbocycles. The molecule has 1 saturated heterocycles. The van der Waals surface area contributed by atoms with Gasteiger partial charge in [0, 0.05) is 6.04 Å².